The summed E-state index contributed by atoms with van der Waals surface area (Å²) in [6, 6.07) is -0.184. The second kappa shape index (κ2) is 4.04. The van der Waals surface area contributed by atoms with E-state index in [9.17, 15) is 4.79 Å². The monoisotopic (exact) mass is 183 g/mol. The first-order chi connectivity index (χ1) is 6.16. The quantitative estimate of drug-likeness (QED) is 0.685. The van der Waals surface area contributed by atoms with Crippen molar-refractivity contribution in [2.45, 2.75) is 13.0 Å². The van der Waals surface area contributed by atoms with Gasteiger partial charge in [-0.1, -0.05) is 0 Å². The van der Waals surface area contributed by atoms with Crippen LogP contribution in [0.3, 0.4) is 0 Å². The maximum atomic E-state index is 11.5. The maximum absolute atomic E-state index is 11.5. The fraction of sp³-hybridized carbons (Fsp3) is 0.500. The lowest BCUT2D eigenvalue weighted by Crippen LogP contribution is -2.37. The highest BCUT2D eigenvalue weighted by atomic mass is 16.3. The largest absolute Gasteiger partial charge is 0.394 e. The number of carbonyl (C=O) groups excluding carboxylic acids is 1. The molecule has 0 spiro atoms. The van der Waals surface area contributed by atoms with Gasteiger partial charge in [-0.2, -0.15) is 0 Å². The molecule has 5 heteroatoms. The summed E-state index contributed by atoms with van der Waals surface area (Å²) < 4.78 is 0. The van der Waals surface area contributed by atoms with E-state index in [0.29, 0.717) is 5.69 Å². The van der Waals surface area contributed by atoms with E-state index in [4.69, 9.17) is 5.11 Å². The highest BCUT2D eigenvalue weighted by Gasteiger charge is 2.17. The zero-order valence-corrected chi connectivity index (χ0v) is 7.69. The van der Waals surface area contributed by atoms with Gasteiger partial charge in [-0.15, -0.1) is 0 Å². The van der Waals surface area contributed by atoms with Crippen LogP contribution in [0.4, 0.5) is 0 Å². The van der Waals surface area contributed by atoms with E-state index in [1.807, 2.05) is 0 Å². The number of rotatable bonds is 3. The average Bonchev–Trinajstić information content (AvgIpc) is 2.67. The van der Waals surface area contributed by atoms with Gasteiger partial charge in [0.15, 0.2) is 0 Å². The summed E-state index contributed by atoms with van der Waals surface area (Å²) in [5, 5.41) is 8.83. The number of aliphatic hydroxyl groups excluding tert-OH is 1. The zero-order chi connectivity index (χ0) is 9.84. The normalized spacial score (nSPS) is 12.5. The van der Waals surface area contributed by atoms with Crippen molar-refractivity contribution in [3.63, 3.8) is 0 Å². The van der Waals surface area contributed by atoms with E-state index >= 15 is 0 Å². The maximum Gasteiger partial charge on any atom is 0.271 e. The molecule has 0 fully saturated rings. The fourth-order valence-corrected chi connectivity index (χ4v) is 0.885. The summed E-state index contributed by atoms with van der Waals surface area (Å²) >= 11 is 0. The van der Waals surface area contributed by atoms with Crippen molar-refractivity contribution in [3.05, 3.63) is 18.2 Å². The van der Waals surface area contributed by atoms with Crippen LogP contribution in [0.2, 0.25) is 0 Å². The summed E-state index contributed by atoms with van der Waals surface area (Å²) in [6.07, 6.45) is 2.91. The number of imidazole rings is 1. The predicted molar refractivity (Wildman–Crippen MR) is 47.2 cm³/mol. The molecule has 2 N–H and O–H groups in total. The van der Waals surface area contributed by atoms with Crippen LogP contribution in [0, 0.1) is 0 Å². The van der Waals surface area contributed by atoms with Crippen LogP contribution in [0.25, 0.3) is 0 Å². The molecule has 1 heterocycles. The van der Waals surface area contributed by atoms with Crippen LogP contribution in [-0.2, 0) is 0 Å². The van der Waals surface area contributed by atoms with Crippen molar-refractivity contribution in [1.82, 2.24) is 14.9 Å². The molecule has 72 valence electrons. The van der Waals surface area contributed by atoms with Crippen molar-refractivity contribution in [2.75, 3.05) is 13.7 Å². The number of likely N-dealkylation sites (N-methyl/N-ethyl adjacent to an activating group) is 1. The first-order valence-electron chi connectivity index (χ1n) is 4.03. The molecule has 1 amide bonds. The molecular formula is C8H13N3O2. The molecule has 0 radical (unpaired) electrons. The molecule has 0 aliphatic rings. The molecule has 1 unspecified atom stereocenters. The van der Waals surface area contributed by atoms with Crippen LogP contribution < -0.4 is 0 Å². The Morgan fingerprint density at radius 3 is 3.00 bits per heavy atom. The van der Waals surface area contributed by atoms with E-state index in [2.05, 4.69) is 9.97 Å². The summed E-state index contributed by atoms with van der Waals surface area (Å²) in [5.41, 5.74) is 0.433. The molecule has 0 aromatic carbocycles. The number of amides is 1. The number of aliphatic hydroxyl groups is 1. The fourth-order valence-electron chi connectivity index (χ4n) is 0.885. The zero-order valence-electron chi connectivity index (χ0n) is 7.69. The summed E-state index contributed by atoms with van der Waals surface area (Å²) in [7, 11) is 1.64. The Morgan fingerprint density at radius 2 is 2.54 bits per heavy atom. The highest BCUT2D eigenvalue weighted by molar-refractivity contribution is 5.92. The minimum absolute atomic E-state index is 0.0453. The molecule has 0 aliphatic heterocycles. The standard InChI is InChI=1S/C8H13N3O2/c1-6(4-12)11(2)8(13)7-3-9-5-10-7/h3,5-6,12H,4H2,1-2H3,(H,9,10). The Hall–Kier alpha value is -1.36. The van der Waals surface area contributed by atoms with Gasteiger partial charge in [-0.3, -0.25) is 4.79 Å². The molecule has 0 aliphatic carbocycles. The SMILES string of the molecule is CC(CO)N(C)C(=O)c1cnc[nH]1. The van der Waals surface area contributed by atoms with E-state index in [0.717, 1.165) is 0 Å². The predicted octanol–water partition coefficient (Wildman–Crippen LogP) is -0.138. The number of aromatic amines is 1. The molecule has 1 aromatic rings. The van der Waals surface area contributed by atoms with Crippen LogP contribution in [0.5, 0.6) is 0 Å². The van der Waals surface area contributed by atoms with Crippen molar-refractivity contribution in [2.24, 2.45) is 0 Å². The third kappa shape index (κ3) is 2.06. The minimum Gasteiger partial charge on any atom is -0.394 e. The van der Waals surface area contributed by atoms with E-state index in [-0.39, 0.29) is 18.6 Å². The highest BCUT2D eigenvalue weighted by Crippen LogP contribution is 2.01. The first-order valence-corrected chi connectivity index (χ1v) is 4.03. The smallest absolute Gasteiger partial charge is 0.271 e. The Labute approximate surface area is 76.4 Å². The van der Waals surface area contributed by atoms with Crippen LogP contribution >= 0.6 is 0 Å². The van der Waals surface area contributed by atoms with Gasteiger partial charge in [0, 0.05) is 7.05 Å². The van der Waals surface area contributed by atoms with E-state index in [1.165, 1.54) is 17.4 Å². The van der Waals surface area contributed by atoms with Crippen LogP contribution in [0.1, 0.15) is 17.4 Å². The Balaban J connectivity index is 2.68. The van der Waals surface area contributed by atoms with Crippen LogP contribution in [-0.4, -0.2) is 45.6 Å². The third-order valence-electron chi connectivity index (χ3n) is 1.97. The van der Waals surface area contributed by atoms with Gasteiger partial charge >= 0.3 is 0 Å². The van der Waals surface area contributed by atoms with Gasteiger partial charge in [-0.05, 0) is 6.92 Å². The molecule has 0 saturated carbocycles. The van der Waals surface area contributed by atoms with Crippen molar-refractivity contribution in [1.29, 1.82) is 0 Å². The van der Waals surface area contributed by atoms with Crippen molar-refractivity contribution in [3.8, 4) is 0 Å². The van der Waals surface area contributed by atoms with E-state index in [1.54, 1.807) is 14.0 Å². The van der Waals surface area contributed by atoms with Gasteiger partial charge in [-0.25, -0.2) is 4.98 Å². The number of hydrogen-bond acceptors (Lipinski definition) is 3. The lowest BCUT2D eigenvalue weighted by atomic mass is 10.3. The van der Waals surface area contributed by atoms with Gasteiger partial charge in [0.25, 0.3) is 5.91 Å². The van der Waals surface area contributed by atoms with Gasteiger partial charge in [0.05, 0.1) is 25.2 Å². The Morgan fingerprint density at radius 1 is 1.85 bits per heavy atom. The molecule has 1 aromatic heterocycles. The second-order valence-electron chi connectivity index (χ2n) is 2.91. The molecule has 0 saturated heterocycles. The number of aromatic nitrogens is 2. The minimum atomic E-state index is -0.184. The topological polar surface area (TPSA) is 69.2 Å². The second-order valence-corrected chi connectivity index (χ2v) is 2.91. The van der Waals surface area contributed by atoms with Gasteiger partial charge < -0.3 is 15.0 Å². The molecule has 5 nitrogen and oxygen atoms in total. The summed E-state index contributed by atoms with van der Waals surface area (Å²) in [4.78, 5) is 19.5. The first kappa shape index (κ1) is 9.73. The Kier molecular flexibility index (Phi) is 3.02. The molecule has 1 atom stereocenters. The average molecular weight is 183 g/mol. The number of hydrogen-bond donors (Lipinski definition) is 2. The lowest BCUT2D eigenvalue weighted by Gasteiger charge is -2.22. The van der Waals surface area contributed by atoms with Crippen LogP contribution in [0.15, 0.2) is 12.5 Å². The third-order valence-corrected chi connectivity index (χ3v) is 1.97. The van der Waals surface area contributed by atoms with Gasteiger partial charge in [0.1, 0.15) is 5.69 Å². The number of nitrogens with zero attached hydrogens (tertiary/aromatic N) is 2. The number of H-pyrrole nitrogens is 1. The summed E-state index contributed by atoms with van der Waals surface area (Å²) in [5.74, 6) is -0.168. The number of nitrogens with one attached hydrogen (secondary N) is 1. The molecular weight excluding hydrogens is 170 g/mol. The van der Waals surface area contributed by atoms with Crippen molar-refractivity contribution >= 4 is 5.91 Å². The number of carbonyl (C=O) groups is 1. The molecule has 1 rings (SSSR count). The summed E-state index contributed by atoms with van der Waals surface area (Å²) in [6.45, 7) is 1.73. The Bertz CT molecular complexity index is 271. The van der Waals surface area contributed by atoms with Crippen molar-refractivity contribution < 1.29 is 9.90 Å². The van der Waals surface area contributed by atoms with E-state index < -0.39 is 0 Å². The molecule has 0 bridgehead atoms. The molecule has 13 heavy (non-hydrogen) atoms. The lowest BCUT2D eigenvalue weighted by molar-refractivity contribution is 0.0677. The van der Waals surface area contributed by atoms with Gasteiger partial charge in [0.2, 0.25) is 0 Å².